The van der Waals surface area contributed by atoms with Crippen molar-refractivity contribution in [2.45, 2.75) is 10.1 Å². The van der Waals surface area contributed by atoms with E-state index in [-0.39, 0.29) is 0 Å². The monoisotopic (exact) mass is 260 g/mol. The lowest BCUT2D eigenvalue weighted by atomic mass is 10.4. The lowest BCUT2D eigenvalue weighted by Crippen LogP contribution is -2.30. The van der Waals surface area contributed by atoms with Crippen molar-refractivity contribution in [1.82, 2.24) is 4.98 Å². The molecule has 0 aromatic carbocycles. The zero-order valence-electron chi connectivity index (χ0n) is 6.87. The number of hydrogen-bond donors (Lipinski definition) is 1. The van der Waals surface area contributed by atoms with Gasteiger partial charge < -0.3 is 10.5 Å². The van der Waals surface area contributed by atoms with Gasteiger partial charge in [0.15, 0.2) is 0 Å². The molecule has 70 valence electrons. The lowest BCUT2D eigenvalue weighted by Gasteiger charge is -2.25. The minimum Gasteiger partial charge on any atom is -0.384 e. The summed E-state index contributed by atoms with van der Waals surface area (Å²) in [4.78, 5) is 5.12. The molecule has 13 heavy (non-hydrogen) atoms. The van der Waals surface area contributed by atoms with Crippen LogP contribution in [-0.4, -0.2) is 23.4 Å². The molecular weight excluding hydrogens is 252 g/mol. The number of nitrogen functional groups attached to an aromatic ring is 1. The molecule has 3 nitrogen and oxygen atoms in total. The van der Waals surface area contributed by atoms with Crippen LogP contribution in [0.25, 0.3) is 0 Å². The van der Waals surface area contributed by atoms with Crippen LogP contribution < -0.4 is 5.73 Å². The Hall–Kier alpha value is -0.260. The summed E-state index contributed by atoms with van der Waals surface area (Å²) in [5.41, 5.74) is 5.59. The van der Waals surface area contributed by atoms with Crippen molar-refractivity contribution in [2.75, 3.05) is 18.9 Å². The van der Waals surface area contributed by atoms with E-state index in [0.29, 0.717) is 11.1 Å². The van der Waals surface area contributed by atoms with Gasteiger partial charge in [0.25, 0.3) is 0 Å². The van der Waals surface area contributed by atoms with Gasteiger partial charge in [-0.05, 0) is 22.0 Å². The van der Waals surface area contributed by atoms with Crippen molar-refractivity contribution in [2.24, 2.45) is 0 Å². The fourth-order valence-electron chi connectivity index (χ4n) is 0.987. The summed E-state index contributed by atoms with van der Waals surface area (Å²) in [6.45, 7) is 1.67. The molecule has 1 aromatic rings. The predicted octanol–water partition coefficient (Wildman–Crippen LogP) is 1.92. The number of pyridine rings is 1. The number of nitrogens with two attached hydrogens (primary N) is 1. The number of thioether (sulfide) groups is 1. The van der Waals surface area contributed by atoms with Gasteiger partial charge >= 0.3 is 0 Å². The van der Waals surface area contributed by atoms with E-state index in [1.807, 2.05) is 6.07 Å². The lowest BCUT2D eigenvalue weighted by molar-refractivity contribution is 0.0455. The first-order valence-electron chi connectivity index (χ1n) is 3.91. The van der Waals surface area contributed by atoms with E-state index in [4.69, 9.17) is 10.5 Å². The van der Waals surface area contributed by atoms with E-state index >= 15 is 0 Å². The van der Waals surface area contributed by atoms with Gasteiger partial charge in [-0.1, -0.05) is 0 Å². The molecule has 1 aromatic heterocycles. The van der Waals surface area contributed by atoms with Gasteiger partial charge in [-0.2, -0.15) is 0 Å². The second-order valence-corrected chi connectivity index (χ2v) is 5.01. The van der Waals surface area contributed by atoms with Crippen molar-refractivity contribution < 1.29 is 4.74 Å². The smallest absolute Gasteiger partial charge is 0.124 e. The van der Waals surface area contributed by atoms with Gasteiger partial charge in [-0.25, -0.2) is 4.98 Å². The Balaban J connectivity index is 2.13. The van der Waals surface area contributed by atoms with Crippen LogP contribution in [0.1, 0.15) is 0 Å². The topological polar surface area (TPSA) is 48.1 Å². The second-order valence-electron chi connectivity index (χ2n) is 2.82. The summed E-state index contributed by atoms with van der Waals surface area (Å²) >= 11 is 5.21. The Morgan fingerprint density at radius 2 is 2.38 bits per heavy atom. The van der Waals surface area contributed by atoms with E-state index in [9.17, 15) is 0 Å². The van der Waals surface area contributed by atoms with Crippen molar-refractivity contribution in [3.05, 3.63) is 16.7 Å². The molecule has 0 atom stereocenters. The molecule has 5 heteroatoms. The number of anilines is 1. The van der Waals surface area contributed by atoms with Crippen LogP contribution in [0, 0.1) is 0 Å². The largest absolute Gasteiger partial charge is 0.384 e. The quantitative estimate of drug-likeness (QED) is 0.883. The van der Waals surface area contributed by atoms with E-state index in [0.717, 1.165) is 22.6 Å². The van der Waals surface area contributed by atoms with Crippen LogP contribution in [0.4, 0.5) is 5.82 Å². The van der Waals surface area contributed by atoms with Gasteiger partial charge in [0, 0.05) is 15.6 Å². The van der Waals surface area contributed by atoms with Crippen LogP contribution in [0.15, 0.2) is 21.6 Å². The summed E-state index contributed by atoms with van der Waals surface area (Å²) in [5, 5.41) is 0.568. The Labute approximate surface area is 89.2 Å². The highest BCUT2D eigenvalue weighted by Crippen LogP contribution is 2.33. The third-order valence-corrected chi connectivity index (χ3v) is 3.83. The maximum absolute atomic E-state index is 5.59. The summed E-state index contributed by atoms with van der Waals surface area (Å²) < 4.78 is 6.09. The Bertz CT molecular complexity index is 317. The molecule has 2 heterocycles. The zero-order chi connectivity index (χ0) is 9.26. The van der Waals surface area contributed by atoms with Crippen molar-refractivity contribution >= 4 is 33.5 Å². The van der Waals surface area contributed by atoms with Gasteiger partial charge in [-0.15, -0.1) is 11.8 Å². The molecule has 1 aliphatic rings. The van der Waals surface area contributed by atoms with Crippen LogP contribution in [0.5, 0.6) is 0 Å². The number of halogens is 1. The zero-order valence-corrected chi connectivity index (χ0v) is 9.27. The first-order valence-corrected chi connectivity index (χ1v) is 5.58. The van der Waals surface area contributed by atoms with Crippen LogP contribution in [-0.2, 0) is 4.74 Å². The third kappa shape index (κ3) is 2.15. The molecule has 0 saturated carbocycles. The number of hydrogen-bond acceptors (Lipinski definition) is 4. The highest BCUT2D eigenvalue weighted by atomic mass is 79.9. The normalized spacial score (nSPS) is 17.0. The molecule has 1 fully saturated rings. The average molecular weight is 261 g/mol. The fourth-order valence-corrected chi connectivity index (χ4v) is 2.53. The molecule has 1 aliphatic heterocycles. The first-order chi connectivity index (χ1) is 6.25. The molecule has 1 saturated heterocycles. The summed E-state index contributed by atoms with van der Waals surface area (Å²) in [5.74, 6) is 0.561. The van der Waals surface area contributed by atoms with Gasteiger partial charge in [-0.3, -0.25) is 0 Å². The van der Waals surface area contributed by atoms with E-state index < -0.39 is 0 Å². The number of aromatic nitrogens is 1. The van der Waals surface area contributed by atoms with E-state index in [2.05, 4.69) is 20.9 Å². The standard InChI is InChI=1S/C8H9BrN2OS/c9-6-2-11-8(10)1-7(6)13-5-3-12-4-5/h1-2,5H,3-4H2,(H2,10,11). The second kappa shape index (κ2) is 3.86. The highest BCUT2D eigenvalue weighted by Gasteiger charge is 2.20. The third-order valence-electron chi connectivity index (χ3n) is 1.74. The Morgan fingerprint density at radius 3 is 3.00 bits per heavy atom. The molecule has 0 spiro atoms. The molecule has 0 bridgehead atoms. The SMILES string of the molecule is Nc1cc(SC2COC2)c(Br)cn1. The van der Waals surface area contributed by atoms with Gasteiger partial charge in [0.2, 0.25) is 0 Å². The van der Waals surface area contributed by atoms with E-state index in [1.165, 1.54) is 0 Å². The maximum atomic E-state index is 5.59. The molecule has 0 unspecified atom stereocenters. The molecule has 0 aliphatic carbocycles. The number of nitrogens with zero attached hydrogens (tertiary/aromatic N) is 1. The van der Waals surface area contributed by atoms with Crippen LogP contribution >= 0.6 is 27.7 Å². The summed E-state index contributed by atoms with van der Waals surface area (Å²) in [6.07, 6.45) is 1.73. The van der Waals surface area contributed by atoms with Crippen LogP contribution in [0.2, 0.25) is 0 Å². The van der Waals surface area contributed by atoms with Crippen molar-refractivity contribution in [3.63, 3.8) is 0 Å². The minimum atomic E-state index is 0.561. The van der Waals surface area contributed by atoms with Crippen molar-refractivity contribution in [1.29, 1.82) is 0 Å². The van der Waals surface area contributed by atoms with Gasteiger partial charge in [0.1, 0.15) is 5.82 Å². The van der Waals surface area contributed by atoms with E-state index in [1.54, 1.807) is 18.0 Å². The van der Waals surface area contributed by atoms with Crippen LogP contribution in [0.3, 0.4) is 0 Å². The minimum absolute atomic E-state index is 0.561. The number of rotatable bonds is 2. The predicted molar refractivity (Wildman–Crippen MR) is 56.8 cm³/mol. The Morgan fingerprint density at radius 1 is 1.62 bits per heavy atom. The first kappa shape index (κ1) is 9.30. The fraction of sp³-hybridized carbons (Fsp3) is 0.375. The molecule has 2 N–H and O–H groups in total. The molecule has 0 radical (unpaired) electrons. The molecular formula is C8H9BrN2OS. The Kier molecular flexibility index (Phi) is 2.76. The molecule has 2 rings (SSSR count). The molecule has 0 amide bonds. The summed E-state index contributed by atoms with van der Waals surface area (Å²) in [7, 11) is 0. The number of ether oxygens (including phenoxy) is 1. The van der Waals surface area contributed by atoms with Gasteiger partial charge in [0.05, 0.1) is 18.5 Å². The summed E-state index contributed by atoms with van der Waals surface area (Å²) in [6, 6.07) is 1.88. The maximum Gasteiger partial charge on any atom is 0.124 e. The van der Waals surface area contributed by atoms with Crippen molar-refractivity contribution in [3.8, 4) is 0 Å². The highest BCUT2D eigenvalue weighted by molar-refractivity contribution is 9.10. The average Bonchev–Trinajstić information content (AvgIpc) is 2.03.